The fraction of sp³-hybridized carbons (Fsp3) is 0.333. The quantitative estimate of drug-likeness (QED) is 0.567. The van der Waals surface area contributed by atoms with Gasteiger partial charge in [-0.1, -0.05) is 24.3 Å². The molecule has 0 bridgehead atoms. The highest BCUT2D eigenvalue weighted by atomic mass is 79.9. The van der Waals surface area contributed by atoms with Gasteiger partial charge >= 0.3 is 0 Å². The van der Waals surface area contributed by atoms with Crippen LogP contribution in [0.5, 0.6) is 0 Å². The van der Waals surface area contributed by atoms with Gasteiger partial charge in [-0.2, -0.15) is 0 Å². The van der Waals surface area contributed by atoms with E-state index in [1.54, 1.807) is 0 Å². The molecule has 0 saturated carbocycles. The fourth-order valence-electron chi connectivity index (χ4n) is 3.12. The van der Waals surface area contributed by atoms with Gasteiger partial charge in [0.25, 0.3) is 0 Å². The molecule has 1 aliphatic rings. The Hall–Kier alpha value is -0.640. The number of benzene rings is 2. The van der Waals surface area contributed by atoms with Gasteiger partial charge in [0.15, 0.2) is 0 Å². The SMILES string of the molecule is CN(C)CCCc1c(Br)c(Br)cc2c1Cc1ccccc1-2. The largest absolute Gasteiger partial charge is 0.309 e. The Kier molecular flexibility index (Phi) is 4.53. The molecule has 0 saturated heterocycles. The average molecular weight is 409 g/mol. The Balaban J connectivity index is 2.00. The second-order valence-corrected chi connectivity index (χ2v) is 7.57. The molecule has 0 unspecified atom stereocenters. The number of hydrogen-bond donors (Lipinski definition) is 0. The maximum Gasteiger partial charge on any atom is 0.0352 e. The Morgan fingerprint density at radius 2 is 1.86 bits per heavy atom. The van der Waals surface area contributed by atoms with Crippen molar-refractivity contribution in [3.05, 3.63) is 56.0 Å². The van der Waals surface area contributed by atoms with E-state index in [0.29, 0.717) is 0 Å². The Labute approximate surface area is 143 Å². The zero-order chi connectivity index (χ0) is 15.0. The first-order chi connectivity index (χ1) is 10.1. The van der Waals surface area contributed by atoms with Crippen molar-refractivity contribution in [1.82, 2.24) is 4.90 Å². The number of hydrogen-bond acceptors (Lipinski definition) is 1. The van der Waals surface area contributed by atoms with Crippen molar-refractivity contribution in [2.45, 2.75) is 19.3 Å². The normalized spacial score (nSPS) is 12.6. The van der Waals surface area contributed by atoms with E-state index in [0.717, 1.165) is 23.9 Å². The van der Waals surface area contributed by atoms with Gasteiger partial charge in [-0.3, -0.25) is 0 Å². The van der Waals surface area contributed by atoms with Crippen LogP contribution < -0.4 is 0 Å². The molecule has 110 valence electrons. The van der Waals surface area contributed by atoms with Crippen LogP contribution in [-0.4, -0.2) is 25.5 Å². The van der Waals surface area contributed by atoms with E-state index in [-0.39, 0.29) is 0 Å². The Morgan fingerprint density at radius 1 is 1.10 bits per heavy atom. The molecule has 1 nitrogen and oxygen atoms in total. The summed E-state index contributed by atoms with van der Waals surface area (Å²) in [6.07, 6.45) is 3.37. The lowest BCUT2D eigenvalue weighted by atomic mass is 9.98. The van der Waals surface area contributed by atoms with Crippen LogP contribution in [-0.2, 0) is 12.8 Å². The van der Waals surface area contributed by atoms with E-state index >= 15 is 0 Å². The lowest BCUT2D eigenvalue weighted by Crippen LogP contribution is -2.14. The highest BCUT2D eigenvalue weighted by molar-refractivity contribution is 9.13. The van der Waals surface area contributed by atoms with Gasteiger partial charge in [-0.25, -0.2) is 0 Å². The van der Waals surface area contributed by atoms with Gasteiger partial charge in [-0.05, 0) is 106 Å². The van der Waals surface area contributed by atoms with Crippen LogP contribution in [0.1, 0.15) is 23.1 Å². The van der Waals surface area contributed by atoms with E-state index < -0.39 is 0 Å². The van der Waals surface area contributed by atoms with Crippen LogP contribution >= 0.6 is 31.9 Å². The van der Waals surface area contributed by atoms with Crippen molar-refractivity contribution in [1.29, 1.82) is 0 Å². The van der Waals surface area contributed by atoms with E-state index in [9.17, 15) is 0 Å². The molecule has 0 fully saturated rings. The molecular formula is C18H19Br2N. The Bertz CT molecular complexity index is 677. The molecule has 0 atom stereocenters. The lowest BCUT2D eigenvalue weighted by molar-refractivity contribution is 0.400. The molecule has 3 rings (SSSR count). The van der Waals surface area contributed by atoms with Crippen molar-refractivity contribution >= 4 is 31.9 Å². The smallest absolute Gasteiger partial charge is 0.0352 e. The van der Waals surface area contributed by atoms with Crippen LogP contribution in [0.3, 0.4) is 0 Å². The molecule has 2 aromatic carbocycles. The first kappa shape index (κ1) is 15.3. The lowest BCUT2D eigenvalue weighted by Gasteiger charge is -2.15. The molecule has 0 aliphatic heterocycles. The van der Waals surface area contributed by atoms with Crippen molar-refractivity contribution in [2.24, 2.45) is 0 Å². The summed E-state index contributed by atoms with van der Waals surface area (Å²) in [5.41, 5.74) is 7.23. The van der Waals surface area contributed by atoms with Gasteiger partial charge in [0.05, 0.1) is 0 Å². The van der Waals surface area contributed by atoms with Crippen LogP contribution in [0.2, 0.25) is 0 Å². The van der Waals surface area contributed by atoms with Gasteiger partial charge < -0.3 is 4.90 Å². The molecule has 0 radical (unpaired) electrons. The number of rotatable bonds is 4. The third-order valence-electron chi connectivity index (χ3n) is 4.14. The Morgan fingerprint density at radius 3 is 2.62 bits per heavy atom. The molecule has 2 aromatic rings. The van der Waals surface area contributed by atoms with Gasteiger partial charge in [0.1, 0.15) is 0 Å². The third kappa shape index (κ3) is 2.96. The monoisotopic (exact) mass is 407 g/mol. The zero-order valence-corrected chi connectivity index (χ0v) is 15.6. The summed E-state index contributed by atoms with van der Waals surface area (Å²) in [6.45, 7) is 1.13. The van der Waals surface area contributed by atoms with Crippen molar-refractivity contribution in [2.75, 3.05) is 20.6 Å². The maximum absolute atomic E-state index is 3.79. The molecule has 0 amide bonds. The summed E-state index contributed by atoms with van der Waals surface area (Å²) in [7, 11) is 4.27. The summed E-state index contributed by atoms with van der Waals surface area (Å²) in [5, 5.41) is 0. The molecule has 3 heteroatoms. The predicted octanol–water partition coefficient (Wildman–Crippen LogP) is 5.28. The number of nitrogens with zero attached hydrogens (tertiary/aromatic N) is 1. The van der Waals surface area contributed by atoms with Crippen LogP contribution in [0, 0.1) is 0 Å². The molecule has 21 heavy (non-hydrogen) atoms. The average Bonchev–Trinajstić information content (AvgIpc) is 2.81. The highest BCUT2D eigenvalue weighted by Crippen LogP contribution is 2.44. The summed E-state index contributed by atoms with van der Waals surface area (Å²) < 4.78 is 2.39. The first-order valence-electron chi connectivity index (χ1n) is 7.30. The van der Waals surface area contributed by atoms with Gasteiger partial charge in [0, 0.05) is 8.95 Å². The second-order valence-electron chi connectivity index (χ2n) is 5.92. The molecule has 0 heterocycles. The molecular weight excluding hydrogens is 390 g/mol. The topological polar surface area (TPSA) is 3.24 Å². The predicted molar refractivity (Wildman–Crippen MR) is 97.0 cm³/mol. The minimum Gasteiger partial charge on any atom is -0.309 e. The van der Waals surface area contributed by atoms with Crippen molar-refractivity contribution < 1.29 is 0 Å². The fourth-order valence-corrected chi connectivity index (χ4v) is 4.14. The summed E-state index contributed by atoms with van der Waals surface area (Å²) in [4.78, 5) is 2.25. The maximum atomic E-state index is 3.79. The van der Waals surface area contributed by atoms with E-state index in [2.05, 4.69) is 81.2 Å². The second kappa shape index (κ2) is 6.23. The van der Waals surface area contributed by atoms with Crippen LogP contribution in [0.25, 0.3) is 11.1 Å². The molecule has 1 aliphatic carbocycles. The van der Waals surface area contributed by atoms with E-state index in [4.69, 9.17) is 0 Å². The minimum atomic E-state index is 1.06. The highest BCUT2D eigenvalue weighted by Gasteiger charge is 2.23. The van der Waals surface area contributed by atoms with Gasteiger partial charge in [0.2, 0.25) is 0 Å². The van der Waals surface area contributed by atoms with E-state index in [1.165, 1.54) is 38.7 Å². The molecule has 0 spiro atoms. The third-order valence-corrected chi connectivity index (χ3v) is 6.21. The zero-order valence-electron chi connectivity index (χ0n) is 12.4. The van der Waals surface area contributed by atoms with E-state index in [1.807, 2.05) is 0 Å². The number of halogens is 2. The van der Waals surface area contributed by atoms with Crippen LogP contribution in [0.4, 0.5) is 0 Å². The standard InChI is InChI=1S/C18H19Br2N/c1-21(2)9-5-8-14-15-10-12-6-3-4-7-13(12)16(15)11-17(19)18(14)20/h3-4,6-7,11H,5,8-10H2,1-2H3. The number of fused-ring (bicyclic) bond motifs is 3. The molecule has 0 aromatic heterocycles. The van der Waals surface area contributed by atoms with Crippen molar-refractivity contribution in [3.63, 3.8) is 0 Å². The summed E-state index contributed by atoms with van der Waals surface area (Å²) >= 11 is 7.50. The summed E-state index contributed by atoms with van der Waals surface area (Å²) in [6, 6.07) is 11.0. The van der Waals surface area contributed by atoms with Crippen molar-refractivity contribution in [3.8, 4) is 11.1 Å². The summed E-state index contributed by atoms with van der Waals surface area (Å²) in [5.74, 6) is 0. The minimum absolute atomic E-state index is 1.06. The molecule has 0 N–H and O–H groups in total. The first-order valence-corrected chi connectivity index (χ1v) is 8.89. The van der Waals surface area contributed by atoms with Gasteiger partial charge in [-0.15, -0.1) is 0 Å². The van der Waals surface area contributed by atoms with Crippen LogP contribution in [0.15, 0.2) is 39.3 Å².